The monoisotopic (exact) mass is 488 g/mol. The van der Waals surface area contributed by atoms with Crippen LogP contribution in [-0.2, 0) is 9.53 Å². The van der Waals surface area contributed by atoms with Gasteiger partial charge in [0.05, 0.1) is 7.11 Å². The van der Waals surface area contributed by atoms with Crippen LogP contribution >= 0.6 is 0 Å². The van der Waals surface area contributed by atoms with Crippen molar-refractivity contribution in [1.29, 1.82) is 0 Å². The molecule has 3 rings (SSSR count). The van der Waals surface area contributed by atoms with Gasteiger partial charge in [-0.3, -0.25) is 14.6 Å². The summed E-state index contributed by atoms with van der Waals surface area (Å²) in [4.78, 5) is 31.8. The number of hydrogen-bond acceptors (Lipinski definition) is 6. The summed E-state index contributed by atoms with van der Waals surface area (Å²) in [7, 11) is 1.13. The number of carbonyl (C=O) groups is 2. The standard InChI is InChI=1S/C21H21F5N4O4/c1-9-14(11-4-5-12(16(22)23)30-19(11)33-3)15(34-20(9,2)21(24,25)26)18(32)29-10-6-7-28-13(8-10)17(27)31/h4-9,14-16H,1-3H3,(H2,27,31)(H,28,29,32). The van der Waals surface area contributed by atoms with E-state index in [0.717, 1.165) is 32.2 Å². The number of alkyl halides is 5. The maximum absolute atomic E-state index is 14.0. The van der Waals surface area contributed by atoms with E-state index < -0.39 is 53.7 Å². The van der Waals surface area contributed by atoms with Crippen molar-refractivity contribution < 1.29 is 41.0 Å². The minimum Gasteiger partial charge on any atom is -0.481 e. The zero-order valence-corrected chi connectivity index (χ0v) is 18.2. The molecule has 2 aromatic rings. The normalized spacial score (nSPS) is 24.8. The molecule has 0 spiro atoms. The number of nitrogens with one attached hydrogen (secondary N) is 1. The molecule has 1 fully saturated rings. The van der Waals surface area contributed by atoms with Crippen LogP contribution in [0.1, 0.15) is 47.9 Å². The van der Waals surface area contributed by atoms with Crippen molar-refractivity contribution in [3.8, 4) is 5.88 Å². The molecule has 2 aromatic heterocycles. The van der Waals surface area contributed by atoms with E-state index in [1.54, 1.807) is 0 Å². The lowest BCUT2D eigenvalue weighted by molar-refractivity contribution is -0.272. The van der Waals surface area contributed by atoms with Crippen LogP contribution in [0.25, 0.3) is 0 Å². The summed E-state index contributed by atoms with van der Waals surface area (Å²) in [6, 6.07) is 4.56. The predicted octanol–water partition coefficient (Wildman–Crippen LogP) is 3.60. The number of hydrogen-bond donors (Lipinski definition) is 2. The van der Waals surface area contributed by atoms with Crippen molar-refractivity contribution in [3.05, 3.63) is 47.4 Å². The molecule has 0 radical (unpaired) electrons. The summed E-state index contributed by atoms with van der Waals surface area (Å²) >= 11 is 0. The lowest BCUT2D eigenvalue weighted by atomic mass is 9.77. The summed E-state index contributed by atoms with van der Waals surface area (Å²) in [6.07, 6.45) is -8.33. The Labute approximate surface area is 190 Å². The molecule has 13 heteroatoms. The maximum atomic E-state index is 14.0. The Balaban J connectivity index is 2.05. The lowest BCUT2D eigenvalue weighted by Crippen LogP contribution is -2.47. The van der Waals surface area contributed by atoms with Gasteiger partial charge >= 0.3 is 6.18 Å². The Kier molecular flexibility index (Phi) is 6.78. The van der Waals surface area contributed by atoms with Gasteiger partial charge in [-0.2, -0.15) is 13.2 Å². The minimum atomic E-state index is -4.86. The fourth-order valence-corrected chi connectivity index (χ4v) is 3.88. The largest absolute Gasteiger partial charge is 0.481 e. The third-order valence-corrected chi connectivity index (χ3v) is 5.89. The number of ether oxygens (including phenoxy) is 2. The second-order valence-electron chi connectivity index (χ2n) is 7.88. The molecule has 1 saturated heterocycles. The lowest BCUT2D eigenvalue weighted by Gasteiger charge is -2.31. The number of carbonyl (C=O) groups excluding carboxylic acids is 2. The van der Waals surface area contributed by atoms with E-state index in [-0.39, 0.29) is 22.8 Å². The van der Waals surface area contributed by atoms with E-state index in [1.165, 1.54) is 19.2 Å². The Morgan fingerprint density at radius 2 is 1.94 bits per heavy atom. The number of anilines is 1. The highest BCUT2D eigenvalue weighted by Crippen LogP contribution is 2.54. The Morgan fingerprint density at radius 3 is 2.50 bits per heavy atom. The zero-order chi connectivity index (χ0) is 25.4. The zero-order valence-electron chi connectivity index (χ0n) is 18.2. The van der Waals surface area contributed by atoms with Crippen LogP contribution in [0.3, 0.4) is 0 Å². The van der Waals surface area contributed by atoms with Crippen LogP contribution in [0.4, 0.5) is 27.6 Å². The van der Waals surface area contributed by atoms with Crippen LogP contribution in [0.15, 0.2) is 30.5 Å². The highest BCUT2D eigenvalue weighted by Gasteiger charge is 2.65. The Bertz CT molecular complexity index is 1100. The molecule has 2 amide bonds. The van der Waals surface area contributed by atoms with E-state index in [4.69, 9.17) is 15.2 Å². The van der Waals surface area contributed by atoms with Gasteiger partial charge < -0.3 is 20.5 Å². The van der Waals surface area contributed by atoms with Crippen LogP contribution < -0.4 is 15.8 Å². The van der Waals surface area contributed by atoms with E-state index in [0.29, 0.717) is 0 Å². The molecule has 184 valence electrons. The third kappa shape index (κ3) is 4.52. The summed E-state index contributed by atoms with van der Waals surface area (Å²) in [5.74, 6) is -4.79. The molecular formula is C21H21F5N4O4. The van der Waals surface area contributed by atoms with Crippen molar-refractivity contribution in [1.82, 2.24) is 9.97 Å². The molecule has 3 heterocycles. The van der Waals surface area contributed by atoms with E-state index >= 15 is 0 Å². The molecule has 8 nitrogen and oxygen atoms in total. The number of amides is 2. The molecule has 0 saturated carbocycles. The fraction of sp³-hybridized carbons (Fsp3) is 0.429. The van der Waals surface area contributed by atoms with Gasteiger partial charge in [-0.1, -0.05) is 13.0 Å². The first-order valence-corrected chi connectivity index (χ1v) is 9.94. The quantitative estimate of drug-likeness (QED) is 0.601. The third-order valence-electron chi connectivity index (χ3n) is 5.89. The first-order valence-electron chi connectivity index (χ1n) is 9.94. The van der Waals surface area contributed by atoms with Crippen molar-refractivity contribution in [2.75, 3.05) is 12.4 Å². The number of methoxy groups -OCH3 is 1. The van der Waals surface area contributed by atoms with Crippen LogP contribution in [0, 0.1) is 5.92 Å². The number of aromatic nitrogens is 2. The van der Waals surface area contributed by atoms with Crippen molar-refractivity contribution in [2.45, 2.75) is 44.1 Å². The molecule has 4 unspecified atom stereocenters. The first kappa shape index (κ1) is 25.3. The molecule has 1 aliphatic rings. The van der Waals surface area contributed by atoms with Gasteiger partial charge in [-0.25, -0.2) is 13.8 Å². The van der Waals surface area contributed by atoms with Gasteiger partial charge in [0.25, 0.3) is 18.2 Å². The number of rotatable bonds is 6. The SMILES string of the molecule is COc1nc(C(F)F)ccc1C1C(C(=O)Nc2ccnc(C(N)=O)c2)OC(C)(C(F)(F)F)C1C. The van der Waals surface area contributed by atoms with Gasteiger partial charge in [0.1, 0.15) is 17.5 Å². The highest BCUT2D eigenvalue weighted by molar-refractivity contribution is 5.97. The van der Waals surface area contributed by atoms with E-state index in [9.17, 15) is 31.5 Å². The number of nitrogens with two attached hydrogens (primary N) is 1. The summed E-state index contributed by atoms with van der Waals surface area (Å²) < 4.78 is 78.5. The van der Waals surface area contributed by atoms with Gasteiger partial charge in [-0.05, 0) is 25.1 Å². The number of nitrogens with zero attached hydrogens (tertiary/aromatic N) is 2. The van der Waals surface area contributed by atoms with Gasteiger partial charge in [0, 0.05) is 29.3 Å². The van der Waals surface area contributed by atoms with Gasteiger partial charge in [0.15, 0.2) is 5.60 Å². The Morgan fingerprint density at radius 1 is 1.26 bits per heavy atom. The molecule has 34 heavy (non-hydrogen) atoms. The molecular weight excluding hydrogens is 467 g/mol. The molecule has 0 aromatic carbocycles. The van der Waals surface area contributed by atoms with Crippen molar-refractivity contribution in [2.24, 2.45) is 11.7 Å². The van der Waals surface area contributed by atoms with E-state index in [1.807, 2.05) is 0 Å². The maximum Gasteiger partial charge on any atom is 0.417 e. The Hall–Kier alpha value is -3.35. The predicted molar refractivity (Wildman–Crippen MR) is 108 cm³/mol. The average molecular weight is 488 g/mol. The molecule has 1 aliphatic heterocycles. The number of primary amides is 1. The summed E-state index contributed by atoms with van der Waals surface area (Å²) in [5, 5.41) is 2.40. The van der Waals surface area contributed by atoms with Crippen LogP contribution in [0.2, 0.25) is 0 Å². The second-order valence-corrected chi connectivity index (χ2v) is 7.88. The number of halogens is 5. The van der Waals surface area contributed by atoms with Gasteiger partial charge in [-0.15, -0.1) is 0 Å². The fourth-order valence-electron chi connectivity index (χ4n) is 3.88. The van der Waals surface area contributed by atoms with Gasteiger partial charge in [0.2, 0.25) is 5.88 Å². The minimum absolute atomic E-state index is 0.0000725. The average Bonchev–Trinajstić information content (AvgIpc) is 3.05. The molecule has 4 atom stereocenters. The molecule has 0 aliphatic carbocycles. The topological polar surface area (TPSA) is 116 Å². The smallest absolute Gasteiger partial charge is 0.417 e. The highest BCUT2D eigenvalue weighted by atomic mass is 19.4. The first-order chi connectivity index (χ1) is 15.8. The summed E-state index contributed by atoms with van der Waals surface area (Å²) in [5.41, 5.74) is 1.65. The van der Waals surface area contributed by atoms with Crippen LogP contribution in [-0.4, -0.2) is 46.8 Å². The molecule has 3 N–H and O–H groups in total. The van der Waals surface area contributed by atoms with Crippen molar-refractivity contribution >= 4 is 17.5 Å². The molecule has 0 bridgehead atoms. The van der Waals surface area contributed by atoms with Crippen molar-refractivity contribution in [3.63, 3.8) is 0 Å². The van der Waals surface area contributed by atoms with E-state index in [2.05, 4.69) is 15.3 Å². The summed E-state index contributed by atoms with van der Waals surface area (Å²) in [6.45, 7) is 2.05. The second kappa shape index (κ2) is 9.12. The van der Waals surface area contributed by atoms with Crippen LogP contribution in [0.5, 0.6) is 5.88 Å². The number of pyridine rings is 2.